The summed E-state index contributed by atoms with van der Waals surface area (Å²) >= 11 is 0. The fraction of sp³-hybridized carbons (Fsp3) is 0.364. The smallest absolute Gasteiger partial charge is 0.203 e. The van der Waals surface area contributed by atoms with E-state index in [0.717, 1.165) is 22.7 Å². The minimum Gasteiger partial charge on any atom is -0.399 e. The van der Waals surface area contributed by atoms with Gasteiger partial charge in [-0.2, -0.15) is 0 Å². The van der Waals surface area contributed by atoms with E-state index in [-0.39, 0.29) is 0 Å². The number of hydrogen-bond donors (Lipinski definition) is 2. The summed E-state index contributed by atoms with van der Waals surface area (Å²) in [5.41, 5.74) is 8.60. The second-order valence-electron chi connectivity index (χ2n) is 3.90. The van der Waals surface area contributed by atoms with Crippen LogP contribution in [0.2, 0.25) is 0 Å². The van der Waals surface area contributed by atoms with Gasteiger partial charge in [-0.1, -0.05) is 0 Å². The molecule has 1 aromatic carbocycles. The molecule has 0 spiro atoms. The number of nitrogens with one attached hydrogen (secondary N) is 1. The van der Waals surface area contributed by atoms with Gasteiger partial charge in [-0.15, -0.1) is 0 Å². The van der Waals surface area contributed by atoms with Gasteiger partial charge in [0.2, 0.25) is 5.95 Å². The Balaban J connectivity index is 2.76. The zero-order chi connectivity index (χ0) is 11.0. The van der Waals surface area contributed by atoms with Crippen LogP contribution in [0.5, 0.6) is 0 Å². The number of hydrogen-bond acceptors (Lipinski definition) is 3. The fourth-order valence-electron chi connectivity index (χ4n) is 1.81. The van der Waals surface area contributed by atoms with Gasteiger partial charge in [0.25, 0.3) is 0 Å². The minimum atomic E-state index is 0.360. The number of nitrogen functional groups attached to an aromatic ring is 1. The van der Waals surface area contributed by atoms with Crippen LogP contribution >= 0.6 is 0 Å². The minimum absolute atomic E-state index is 0.360. The largest absolute Gasteiger partial charge is 0.399 e. The number of fused-ring (bicyclic) bond motifs is 1. The third kappa shape index (κ3) is 1.52. The van der Waals surface area contributed by atoms with E-state index in [1.54, 1.807) is 0 Å². The van der Waals surface area contributed by atoms with Crippen molar-refractivity contribution < 1.29 is 0 Å². The Morgan fingerprint density at radius 3 is 2.73 bits per heavy atom. The lowest BCUT2D eigenvalue weighted by molar-refractivity contribution is 0.624. The SMILES string of the molecule is CNc1nc2ccc(N)cc2n1C(C)C. The van der Waals surface area contributed by atoms with Crippen LogP contribution in [-0.2, 0) is 0 Å². The summed E-state index contributed by atoms with van der Waals surface area (Å²) in [6, 6.07) is 6.15. The van der Waals surface area contributed by atoms with Gasteiger partial charge in [0.15, 0.2) is 0 Å². The summed E-state index contributed by atoms with van der Waals surface area (Å²) in [7, 11) is 1.88. The van der Waals surface area contributed by atoms with Crippen molar-refractivity contribution in [2.24, 2.45) is 0 Å². The predicted octanol–water partition coefficient (Wildman–Crippen LogP) is 2.24. The highest BCUT2D eigenvalue weighted by atomic mass is 15.2. The highest BCUT2D eigenvalue weighted by molar-refractivity contribution is 5.82. The van der Waals surface area contributed by atoms with Crippen LogP contribution in [0.1, 0.15) is 19.9 Å². The van der Waals surface area contributed by atoms with Crippen molar-refractivity contribution >= 4 is 22.7 Å². The standard InChI is InChI=1S/C11H16N4/c1-7(2)15-10-6-8(12)4-5-9(10)14-11(15)13-3/h4-7H,12H2,1-3H3,(H,13,14). The number of aromatic nitrogens is 2. The number of imidazole rings is 1. The number of rotatable bonds is 2. The van der Waals surface area contributed by atoms with Crippen LogP contribution in [0.4, 0.5) is 11.6 Å². The van der Waals surface area contributed by atoms with Crippen LogP contribution in [0.3, 0.4) is 0 Å². The molecule has 0 radical (unpaired) electrons. The van der Waals surface area contributed by atoms with Gasteiger partial charge in [0, 0.05) is 18.8 Å². The van der Waals surface area contributed by atoms with Gasteiger partial charge in [-0.05, 0) is 32.0 Å². The summed E-state index contributed by atoms with van der Waals surface area (Å²) in [6.07, 6.45) is 0. The average molecular weight is 204 g/mol. The van der Waals surface area contributed by atoms with Crippen LogP contribution < -0.4 is 11.1 Å². The molecule has 1 heterocycles. The maximum absolute atomic E-state index is 5.78. The van der Waals surface area contributed by atoms with Crippen molar-refractivity contribution in [1.29, 1.82) is 0 Å². The Kier molecular flexibility index (Phi) is 2.26. The topological polar surface area (TPSA) is 55.9 Å². The quantitative estimate of drug-likeness (QED) is 0.738. The number of benzene rings is 1. The van der Waals surface area contributed by atoms with Crippen molar-refractivity contribution in [2.75, 3.05) is 18.1 Å². The van der Waals surface area contributed by atoms with E-state index in [9.17, 15) is 0 Å². The molecule has 3 N–H and O–H groups in total. The molecule has 0 aliphatic heterocycles. The highest BCUT2D eigenvalue weighted by Gasteiger charge is 2.11. The molecule has 0 aliphatic carbocycles. The molecule has 0 amide bonds. The molecule has 80 valence electrons. The van der Waals surface area contributed by atoms with Crippen LogP contribution in [0.15, 0.2) is 18.2 Å². The molecule has 0 saturated carbocycles. The lowest BCUT2D eigenvalue weighted by atomic mass is 10.2. The molecule has 0 unspecified atom stereocenters. The first-order chi connectivity index (χ1) is 7.13. The molecule has 2 aromatic rings. The summed E-state index contributed by atoms with van der Waals surface area (Å²) in [5, 5.41) is 3.10. The second kappa shape index (κ2) is 3.46. The van der Waals surface area contributed by atoms with Gasteiger partial charge < -0.3 is 15.6 Å². The molecule has 1 aromatic heterocycles. The maximum Gasteiger partial charge on any atom is 0.203 e. The van der Waals surface area contributed by atoms with E-state index in [4.69, 9.17) is 5.73 Å². The van der Waals surface area contributed by atoms with Crippen molar-refractivity contribution in [2.45, 2.75) is 19.9 Å². The van der Waals surface area contributed by atoms with Gasteiger partial charge in [0.05, 0.1) is 11.0 Å². The lowest BCUT2D eigenvalue weighted by Gasteiger charge is -2.12. The van der Waals surface area contributed by atoms with Crippen LogP contribution in [0, 0.1) is 0 Å². The normalized spacial score (nSPS) is 11.2. The first-order valence-electron chi connectivity index (χ1n) is 5.08. The van der Waals surface area contributed by atoms with E-state index >= 15 is 0 Å². The number of nitrogens with zero attached hydrogens (tertiary/aromatic N) is 2. The molecule has 0 aliphatic rings. The van der Waals surface area contributed by atoms with Crippen molar-refractivity contribution in [1.82, 2.24) is 9.55 Å². The van der Waals surface area contributed by atoms with Gasteiger partial charge >= 0.3 is 0 Å². The van der Waals surface area contributed by atoms with E-state index in [0.29, 0.717) is 6.04 Å². The summed E-state index contributed by atoms with van der Waals surface area (Å²) in [4.78, 5) is 4.49. The molecule has 0 bridgehead atoms. The second-order valence-corrected chi connectivity index (χ2v) is 3.90. The van der Waals surface area contributed by atoms with Crippen molar-refractivity contribution in [3.63, 3.8) is 0 Å². The Labute approximate surface area is 89.1 Å². The van der Waals surface area contributed by atoms with Gasteiger partial charge in [0.1, 0.15) is 0 Å². The van der Waals surface area contributed by atoms with E-state index in [1.165, 1.54) is 0 Å². The monoisotopic (exact) mass is 204 g/mol. The van der Waals surface area contributed by atoms with E-state index < -0.39 is 0 Å². The average Bonchev–Trinajstić information content (AvgIpc) is 2.55. The molecule has 15 heavy (non-hydrogen) atoms. The fourth-order valence-corrected chi connectivity index (χ4v) is 1.81. The molecular formula is C11H16N4. The summed E-state index contributed by atoms with van der Waals surface area (Å²) in [6.45, 7) is 4.26. The molecular weight excluding hydrogens is 188 g/mol. The molecule has 4 nitrogen and oxygen atoms in total. The summed E-state index contributed by atoms with van der Waals surface area (Å²) in [5.74, 6) is 0.880. The van der Waals surface area contributed by atoms with Crippen LogP contribution in [0.25, 0.3) is 11.0 Å². The zero-order valence-electron chi connectivity index (χ0n) is 9.28. The molecule has 0 saturated heterocycles. The first-order valence-corrected chi connectivity index (χ1v) is 5.08. The Hall–Kier alpha value is -1.71. The number of nitrogens with two attached hydrogens (primary N) is 1. The van der Waals surface area contributed by atoms with Gasteiger partial charge in [-0.25, -0.2) is 4.98 Å². The Morgan fingerprint density at radius 2 is 2.13 bits per heavy atom. The lowest BCUT2D eigenvalue weighted by Crippen LogP contribution is -2.05. The van der Waals surface area contributed by atoms with Crippen molar-refractivity contribution in [3.8, 4) is 0 Å². The van der Waals surface area contributed by atoms with Crippen molar-refractivity contribution in [3.05, 3.63) is 18.2 Å². The number of anilines is 2. The third-order valence-corrected chi connectivity index (χ3v) is 2.45. The van der Waals surface area contributed by atoms with Crippen LogP contribution in [-0.4, -0.2) is 16.6 Å². The third-order valence-electron chi connectivity index (χ3n) is 2.45. The Morgan fingerprint density at radius 1 is 1.40 bits per heavy atom. The zero-order valence-corrected chi connectivity index (χ0v) is 9.28. The van der Waals surface area contributed by atoms with Gasteiger partial charge in [-0.3, -0.25) is 0 Å². The first kappa shape index (κ1) is 9.83. The van der Waals surface area contributed by atoms with E-state index in [2.05, 4.69) is 28.7 Å². The predicted molar refractivity (Wildman–Crippen MR) is 64.1 cm³/mol. The molecule has 2 rings (SSSR count). The molecule has 0 fully saturated rings. The highest BCUT2D eigenvalue weighted by Crippen LogP contribution is 2.25. The molecule has 0 atom stereocenters. The molecule has 4 heteroatoms. The Bertz CT molecular complexity index is 485. The maximum atomic E-state index is 5.78. The van der Waals surface area contributed by atoms with E-state index in [1.807, 2.05) is 25.2 Å². The summed E-state index contributed by atoms with van der Waals surface area (Å²) < 4.78 is 2.14.